The molecule has 1 saturated heterocycles. The zero-order chi connectivity index (χ0) is 19.8. The van der Waals surface area contributed by atoms with Crippen molar-refractivity contribution < 1.29 is 23.9 Å². The van der Waals surface area contributed by atoms with Gasteiger partial charge in [-0.05, 0) is 18.4 Å². The number of esters is 1. The number of hydrogen-bond donors (Lipinski definition) is 2. The standard InChI is InChI=1S/C19H25N3O5/c1-13(23)21-16(14-5-3-2-4-6-14)11-18(25)27-12-17(24)22-9-7-15(8-10-22)19(20)26/h2-6,15-16H,7-12H2,1H3,(H2,20,26)(H,21,23)/t16-/m0/s1. The van der Waals surface area contributed by atoms with Crippen LogP contribution in [0.2, 0.25) is 0 Å². The molecule has 0 saturated carbocycles. The van der Waals surface area contributed by atoms with Crippen molar-refractivity contribution in [3.63, 3.8) is 0 Å². The molecule has 8 nitrogen and oxygen atoms in total. The highest BCUT2D eigenvalue weighted by molar-refractivity contribution is 5.82. The van der Waals surface area contributed by atoms with Crippen LogP contribution in [0.3, 0.4) is 0 Å². The topological polar surface area (TPSA) is 119 Å². The molecule has 1 atom stereocenters. The first-order valence-corrected chi connectivity index (χ1v) is 8.91. The quantitative estimate of drug-likeness (QED) is 0.674. The summed E-state index contributed by atoms with van der Waals surface area (Å²) in [5.41, 5.74) is 6.06. The highest BCUT2D eigenvalue weighted by atomic mass is 16.5. The van der Waals surface area contributed by atoms with Crippen LogP contribution < -0.4 is 11.1 Å². The van der Waals surface area contributed by atoms with Gasteiger partial charge in [0.15, 0.2) is 6.61 Å². The van der Waals surface area contributed by atoms with E-state index in [1.54, 1.807) is 4.90 Å². The van der Waals surface area contributed by atoms with Gasteiger partial charge in [-0.15, -0.1) is 0 Å². The van der Waals surface area contributed by atoms with Crippen LogP contribution in [0.5, 0.6) is 0 Å². The molecule has 27 heavy (non-hydrogen) atoms. The minimum absolute atomic E-state index is 0.0688. The Morgan fingerprint density at radius 2 is 1.81 bits per heavy atom. The Hall–Kier alpha value is -2.90. The smallest absolute Gasteiger partial charge is 0.308 e. The number of piperidine rings is 1. The van der Waals surface area contributed by atoms with E-state index in [2.05, 4.69) is 5.32 Å². The van der Waals surface area contributed by atoms with Crippen molar-refractivity contribution in [1.82, 2.24) is 10.2 Å². The van der Waals surface area contributed by atoms with Crippen LogP contribution in [0.15, 0.2) is 30.3 Å². The molecule has 1 aromatic rings. The number of likely N-dealkylation sites (tertiary alicyclic amines) is 1. The van der Waals surface area contributed by atoms with Crippen molar-refractivity contribution in [2.24, 2.45) is 11.7 Å². The zero-order valence-corrected chi connectivity index (χ0v) is 15.3. The summed E-state index contributed by atoms with van der Waals surface area (Å²) in [5, 5.41) is 2.71. The van der Waals surface area contributed by atoms with Gasteiger partial charge in [-0.25, -0.2) is 0 Å². The van der Waals surface area contributed by atoms with Gasteiger partial charge in [-0.2, -0.15) is 0 Å². The van der Waals surface area contributed by atoms with Crippen molar-refractivity contribution in [3.05, 3.63) is 35.9 Å². The number of benzene rings is 1. The Labute approximate surface area is 158 Å². The van der Waals surface area contributed by atoms with E-state index in [9.17, 15) is 19.2 Å². The van der Waals surface area contributed by atoms with E-state index < -0.39 is 12.0 Å². The summed E-state index contributed by atoms with van der Waals surface area (Å²) in [4.78, 5) is 48.4. The summed E-state index contributed by atoms with van der Waals surface area (Å²) in [6.45, 7) is 1.85. The molecule has 0 bridgehead atoms. The predicted octanol–water partition coefficient (Wildman–Crippen LogP) is 0.521. The molecule has 0 radical (unpaired) electrons. The number of ether oxygens (including phenoxy) is 1. The van der Waals surface area contributed by atoms with Crippen molar-refractivity contribution >= 4 is 23.7 Å². The van der Waals surface area contributed by atoms with Gasteiger partial charge in [0.25, 0.3) is 5.91 Å². The Morgan fingerprint density at radius 1 is 1.19 bits per heavy atom. The molecule has 0 aliphatic carbocycles. The number of carbonyl (C=O) groups excluding carboxylic acids is 4. The fourth-order valence-corrected chi connectivity index (χ4v) is 3.06. The van der Waals surface area contributed by atoms with Gasteiger partial charge < -0.3 is 20.7 Å². The summed E-state index contributed by atoms with van der Waals surface area (Å²) < 4.78 is 5.09. The van der Waals surface area contributed by atoms with E-state index >= 15 is 0 Å². The number of rotatable bonds is 7. The molecule has 0 spiro atoms. The van der Waals surface area contributed by atoms with Crippen LogP contribution in [0.25, 0.3) is 0 Å². The fourth-order valence-electron chi connectivity index (χ4n) is 3.06. The summed E-state index contributed by atoms with van der Waals surface area (Å²) in [6, 6.07) is 8.57. The van der Waals surface area contributed by atoms with E-state index in [1.165, 1.54) is 6.92 Å². The molecule has 8 heteroatoms. The van der Waals surface area contributed by atoms with E-state index in [0.717, 1.165) is 5.56 Å². The monoisotopic (exact) mass is 375 g/mol. The zero-order valence-electron chi connectivity index (χ0n) is 15.3. The maximum absolute atomic E-state index is 12.2. The second-order valence-electron chi connectivity index (χ2n) is 6.59. The van der Waals surface area contributed by atoms with Crippen molar-refractivity contribution in [2.75, 3.05) is 19.7 Å². The van der Waals surface area contributed by atoms with E-state index in [0.29, 0.717) is 25.9 Å². The average Bonchev–Trinajstić information content (AvgIpc) is 2.66. The van der Waals surface area contributed by atoms with Gasteiger partial charge >= 0.3 is 5.97 Å². The van der Waals surface area contributed by atoms with Crippen molar-refractivity contribution in [2.45, 2.75) is 32.2 Å². The summed E-state index contributed by atoms with van der Waals surface area (Å²) in [7, 11) is 0. The Morgan fingerprint density at radius 3 is 2.37 bits per heavy atom. The lowest BCUT2D eigenvalue weighted by Gasteiger charge is -2.30. The number of nitrogens with one attached hydrogen (secondary N) is 1. The second kappa shape index (κ2) is 9.70. The Bertz CT molecular complexity index is 684. The van der Waals surface area contributed by atoms with E-state index in [1.807, 2.05) is 30.3 Å². The average molecular weight is 375 g/mol. The summed E-state index contributed by atoms with van der Waals surface area (Å²) in [5.74, 6) is -1.69. The maximum Gasteiger partial charge on any atom is 0.308 e. The maximum atomic E-state index is 12.2. The van der Waals surface area contributed by atoms with Crippen LogP contribution >= 0.6 is 0 Å². The third-order valence-corrected chi connectivity index (χ3v) is 4.56. The molecule has 3 N–H and O–H groups in total. The molecule has 146 valence electrons. The first-order valence-electron chi connectivity index (χ1n) is 8.91. The lowest BCUT2D eigenvalue weighted by molar-refractivity contribution is -0.153. The normalized spacial score (nSPS) is 15.7. The van der Waals surface area contributed by atoms with Crippen molar-refractivity contribution in [3.8, 4) is 0 Å². The lowest BCUT2D eigenvalue weighted by Crippen LogP contribution is -2.43. The lowest BCUT2D eigenvalue weighted by atomic mass is 9.96. The largest absolute Gasteiger partial charge is 0.455 e. The minimum Gasteiger partial charge on any atom is -0.455 e. The number of carbonyl (C=O) groups is 4. The van der Waals surface area contributed by atoms with Gasteiger partial charge in [-0.1, -0.05) is 30.3 Å². The van der Waals surface area contributed by atoms with Gasteiger partial charge in [-0.3, -0.25) is 19.2 Å². The SMILES string of the molecule is CC(=O)N[C@@H](CC(=O)OCC(=O)N1CCC(C(N)=O)CC1)c1ccccc1. The van der Waals surface area contributed by atoms with Crippen molar-refractivity contribution in [1.29, 1.82) is 0 Å². The molecule has 1 heterocycles. The molecular weight excluding hydrogens is 350 g/mol. The third-order valence-electron chi connectivity index (χ3n) is 4.56. The molecular formula is C19H25N3O5. The molecule has 3 amide bonds. The Balaban J connectivity index is 1.82. The molecule has 1 fully saturated rings. The molecule has 1 aromatic carbocycles. The number of primary amides is 1. The highest BCUT2D eigenvalue weighted by Gasteiger charge is 2.26. The molecule has 1 aliphatic rings. The summed E-state index contributed by atoms with van der Waals surface area (Å²) >= 11 is 0. The highest BCUT2D eigenvalue weighted by Crippen LogP contribution is 2.18. The predicted molar refractivity (Wildman–Crippen MR) is 97.1 cm³/mol. The number of amides is 3. The van der Waals surface area contributed by atoms with Gasteiger partial charge in [0.2, 0.25) is 11.8 Å². The first-order chi connectivity index (χ1) is 12.9. The number of nitrogens with zero attached hydrogens (tertiary/aromatic N) is 1. The minimum atomic E-state index is -0.571. The second-order valence-corrected chi connectivity index (χ2v) is 6.59. The molecule has 2 rings (SSSR count). The summed E-state index contributed by atoms with van der Waals surface area (Å²) in [6.07, 6.45) is 0.974. The first kappa shape index (κ1) is 20.4. The number of nitrogens with two attached hydrogens (primary N) is 1. The van der Waals surface area contributed by atoms with Gasteiger partial charge in [0.05, 0.1) is 12.5 Å². The van der Waals surface area contributed by atoms with Gasteiger partial charge in [0, 0.05) is 25.9 Å². The van der Waals surface area contributed by atoms with E-state index in [4.69, 9.17) is 10.5 Å². The third kappa shape index (κ3) is 6.40. The number of hydrogen-bond acceptors (Lipinski definition) is 5. The van der Waals surface area contributed by atoms with Crippen LogP contribution in [0.1, 0.15) is 37.8 Å². The molecule has 0 unspecified atom stereocenters. The fraction of sp³-hybridized carbons (Fsp3) is 0.474. The van der Waals surface area contributed by atoms with E-state index in [-0.39, 0.29) is 36.7 Å². The molecule has 0 aromatic heterocycles. The molecule has 1 aliphatic heterocycles. The van der Waals surface area contributed by atoms with Crippen LogP contribution in [0.4, 0.5) is 0 Å². The van der Waals surface area contributed by atoms with Crippen LogP contribution in [-0.2, 0) is 23.9 Å². The Kier molecular flexibility index (Phi) is 7.34. The van der Waals surface area contributed by atoms with Crippen LogP contribution in [-0.4, -0.2) is 48.3 Å². The van der Waals surface area contributed by atoms with Gasteiger partial charge in [0.1, 0.15) is 0 Å². The van der Waals surface area contributed by atoms with Crippen LogP contribution in [0, 0.1) is 5.92 Å².